The van der Waals surface area contributed by atoms with Gasteiger partial charge in [0, 0.05) is 0 Å². The molecule has 0 atom stereocenters. The average Bonchev–Trinajstić information content (AvgIpc) is 2.36. The maximum atomic E-state index is 12.2. The number of ether oxygens (including phenoxy) is 2. The van der Waals surface area contributed by atoms with Crippen LogP contribution in [0.3, 0.4) is 0 Å². The molecule has 0 heterocycles. The first kappa shape index (κ1) is 13.9. The Hall–Kier alpha value is -2.20. The average molecular weight is 257 g/mol. The second-order valence-electron chi connectivity index (χ2n) is 3.15. The third-order valence-corrected chi connectivity index (χ3v) is 2.09. The highest BCUT2D eigenvalue weighted by Crippen LogP contribution is 2.27. The Morgan fingerprint density at radius 3 is 2.67 bits per heavy atom. The van der Waals surface area contributed by atoms with E-state index in [1.165, 1.54) is 6.07 Å². The number of alkyl halides is 2. The first-order valence-corrected chi connectivity index (χ1v) is 4.74. The van der Waals surface area contributed by atoms with Gasteiger partial charge >= 0.3 is 12.6 Å². The number of aliphatic hydroxyl groups excluding tert-OH is 1. The summed E-state index contributed by atoms with van der Waals surface area (Å²) in [5, 5.41) is 17.8. The highest BCUT2D eigenvalue weighted by atomic mass is 19.3. The van der Waals surface area contributed by atoms with E-state index in [1.54, 1.807) is 6.07 Å². The van der Waals surface area contributed by atoms with Crippen LogP contribution in [0, 0.1) is 11.3 Å². The van der Waals surface area contributed by atoms with Gasteiger partial charge in [-0.2, -0.15) is 14.0 Å². The van der Waals surface area contributed by atoms with Gasteiger partial charge in [-0.3, -0.25) is 0 Å². The van der Waals surface area contributed by atoms with Gasteiger partial charge < -0.3 is 14.6 Å². The van der Waals surface area contributed by atoms with Crippen LogP contribution in [0.5, 0.6) is 5.75 Å². The van der Waals surface area contributed by atoms with Gasteiger partial charge in [-0.25, -0.2) is 4.79 Å². The summed E-state index contributed by atoms with van der Waals surface area (Å²) in [4.78, 5) is 11.5. The molecule has 0 amide bonds. The van der Waals surface area contributed by atoms with E-state index >= 15 is 0 Å². The monoisotopic (exact) mass is 257 g/mol. The molecule has 7 heteroatoms. The molecule has 18 heavy (non-hydrogen) atoms. The van der Waals surface area contributed by atoms with Crippen LogP contribution < -0.4 is 4.74 Å². The third kappa shape index (κ3) is 2.93. The van der Waals surface area contributed by atoms with Crippen LogP contribution in [-0.4, -0.2) is 24.8 Å². The Labute approximate surface area is 101 Å². The largest absolute Gasteiger partial charge is 0.465 e. The maximum Gasteiger partial charge on any atom is 0.387 e. The zero-order valence-corrected chi connectivity index (χ0v) is 9.31. The topological polar surface area (TPSA) is 79.5 Å². The van der Waals surface area contributed by atoms with Crippen molar-refractivity contribution in [1.82, 2.24) is 0 Å². The number of esters is 1. The van der Waals surface area contributed by atoms with Crippen LogP contribution >= 0.6 is 0 Å². The number of nitriles is 1. The van der Waals surface area contributed by atoms with Crippen molar-refractivity contribution in [1.29, 1.82) is 5.26 Å². The fourth-order valence-corrected chi connectivity index (χ4v) is 1.39. The molecule has 0 unspecified atom stereocenters. The lowest BCUT2D eigenvalue weighted by Gasteiger charge is -2.13. The molecule has 0 aromatic heterocycles. The lowest BCUT2D eigenvalue weighted by Crippen LogP contribution is -2.12. The molecule has 96 valence electrons. The highest BCUT2D eigenvalue weighted by Gasteiger charge is 2.21. The molecule has 0 aliphatic carbocycles. The number of carbonyl (C=O) groups is 1. The Bertz CT molecular complexity index is 497. The molecule has 0 aliphatic heterocycles. The van der Waals surface area contributed by atoms with Crippen LogP contribution in [0.2, 0.25) is 0 Å². The van der Waals surface area contributed by atoms with E-state index in [0.717, 1.165) is 13.2 Å². The predicted octanol–water partition coefficient (Wildman–Crippen LogP) is 1.44. The summed E-state index contributed by atoms with van der Waals surface area (Å²) in [6.07, 6.45) is 0. The molecule has 0 spiro atoms. The standard InChI is InChI=1S/C11H9F2NO4/c1-17-10(16)9-7(5-15)2-6(4-14)3-8(9)18-11(12)13/h2-3,11,15H,5H2,1H3. The van der Waals surface area contributed by atoms with Crippen LogP contribution in [0.15, 0.2) is 12.1 Å². The minimum absolute atomic E-state index is 0.0117. The van der Waals surface area contributed by atoms with Gasteiger partial charge in [0.2, 0.25) is 0 Å². The number of hydrogen-bond donors (Lipinski definition) is 1. The van der Waals surface area contributed by atoms with Gasteiger partial charge in [0.25, 0.3) is 0 Å². The van der Waals surface area contributed by atoms with Crippen LogP contribution in [0.4, 0.5) is 8.78 Å². The predicted molar refractivity (Wildman–Crippen MR) is 55.1 cm³/mol. The quantitative estimate of drug-likeness (QED) is 0.825. The minimum Gasteiger partial charge on any atom is -0.465 e. The van der Waals surface area contributed by atoms with E-state index in [2.05, 4.69) is 9.47 Å². The Morgan fingerprint density at radius 1 is 1.56 bits per heavy atom. The third-order valence-electron chi connectivity index (χ3n) is 2.09. The summed E-state index contributed by atoms with van der Waals surface area (Å²) in [6.45, 7) is -3.77. The lowest BCUT2D eigenvalue weighted by atomic mass is 10.0. The molecule has 1 N–H and O–H groups in total. The van der Waals surface area contributed by atoms with E-state index in [0.29, 0.717) is 0 Å². The fraction of sp³-hybridized carbons (Fsp3) is 0.273. The summed E-state index contributed by atoms with van der Waals surface area (Å²) in [6, 6.07) is 3.89. The second-order valence-corrected chi connectivity index (χ2v) is 3.15. The molecule has 1 aromatic carbocycles. The van der Waals surface area contributed by atoms with E-state index in [1.807, 2.05) is 0 Å². The van der Waals surface area contributed by atoms with Crippen molar-refractivity contribution in [2.75, 3.05) is 7.11 Å². The van der Waals surface area contributed by atoms with Gasteiger partial charge in [-0.15, -0.1) is 0 Å². The summed E-state index contributed by atoms with van der Waals surface area (Å²) in [7, 11) is 1.06. The van der Waals surface area contributed by atoms with Crippen molar-refractivity contribution < 1.29 is 28.2 Å². The number of methoxy groups -OCH3 is 1. The first-order chi connectivity index (χ1) is 8.53. The molecule has 0 saturated heterocycles. The molecule has 1 aromatic rings. The summed E-state index contributed by atoms with van der Waals surface area (Å²) < 4.78 is 33.0. The molecular weight excluding hydrogens is 248 g/mol. The van der Waals surface area contributed by atoms with E-state index in [4.69, 9.17) is 10.4 Å². The number of hydrogen-bond acceptors (Lipinski definition) is 5. The van der Waals surface area contributed by atoms with E-state index < -0.39 is 24.9 Å². The van der Waals surface area contributed by atoms with Gasteiger partial charge in [-0.05, 0) is 17.7 Å². The van der Waals surface area contributed by atoms with Crippen molar-refractivity contribution in [3.63, 3.8) is 0 Å². The molecule has 0 radical (unpaired) electrons. The smallest absolute Gasteiger partial charge is 0.387 e. The number of carbonyl (C=O) groups excluding carboxylic acids is 1. The molecule has 0 saturated carbocycles. The first-order valence-electron chi connectivity index (χ1n) is 4.74. The van der Waals surface area contributed by atoms with Gasteiger partial charge in [0.1, 0.15) is 11.3 Å². The van der Waals surface area contributed by atoms with Gasteiger partial charge in [-0.1, -0.05) is 0 Å². The molecule has 0 bridgehead atoms. The summed E-state index contributed by atoms with van der Waals surface area (Å²) in [5.74, 6) is -1.43. The van der Waals surface area contributed by atoms with E-state index in [9.17, 15) is 13.6 Å². The van der Waals surface area contributed by atoms with Crippen molar-refractivity contribution >= 4 is 5.97 Å². The zero-order valence-electron chi connectivity index (χ0n) is 9.31. The molecular formula is C11H9F2NO4. The molecule has 0 fully saturated rings. The lowest BCUT2D eigenvalue weighted by molar-refractivity contribution is -0.0505. The van der Waals surface area contributed by atoms with Gasteiger partial charge in [0.15, 0.2) is 0 Å². The Balaban J connectivity index is 3.42. The maximum absolute atomic E-state index is 12.2. The summed E-state index contributed by atoms with van der Waals surface area (Å²) >= 11 is 0. The SMILES string of the molecule is COC(=O)c1c(CO)cc(C#N)cc1OC(F)F. The van der Waals surface area contributed by atoms with Crippen molar-refractivity contribution in [3.8, 4) is 11.8 Å². The summed E-state index contributed by atoms with van der Waals surface area (Å²) in [5.41, 5.74) is -0.349. The van der Waals surface area contributed by atoms with Crippen molar-refractivity contribution in [2.24, 2.45) is 0 Å². The van der Waals surface area contributed by atoms with Crippen LogP contribution in [-0.2, 0) is 11.3 Å². The zero-order chi connectivity index (χ0) is 13.7. The molecule has 1 rings (SSSR count). The number of rotatable bonds is 4. The molecule has 0 aliphatic rings. The fourth-order valence-electron chi connectivity index (χ4n) is 1.39. The van der Waals surface area contributed by atoms with Crippen molar-refractivity contribution in [2.45, 2.75) is 13.2 Å². The van der Waals surface area contributed by atoms with Gasteiger partial charge in [0.05, 0.1) is 25.3 Å². The molecule has 5 nitrogen and oxygen atoms in total. The number of nitrogens with zero attached hydrogens (tertiary/aromatic N) is 1. The normalized spacial score (nSPS) is 10.0. The second kappa shape index (κ2) is 5.93. The number of halogens is 2. The van der Waals surface area contributed by atoms with Crippen LogP contribution in [0.1, 0.15) is 21.5 Å². The Morgan fingerprint density at radius 2 is 2.22 bits per heavy atom. The Kier molecular flexibility index (Phi) is 4.57. The van der Waals surface area contributed by atoms with Crippen LogP contribution in [0.25, 0.3) is 0 Å². The number of aliphatic hydroxyl groups is 1. The van der Waals surface area contributed by atoms with Crippen molar-refractivity contribution in [3.05, 3.63) is 28.8 Å². The number of benzene rings is 1. The van der Waals surface area contributed by atoms with E-state index in [-0.39, 0.29) is 16.7 Å². The minimum atomic E-state index is -3.16. The highest BCUT2D eigenvalue weighted by molar-refractivity contribution is 5.94.